The summed E-state index contributed by atoms with van der Waals surface area (Å²) >= 11 is 0. The summed E-state index contributed by atoms with van der Waals surface area (Å²) in [6, 6.07) is 12.6. The van der Waals surface area contributed by atoms with Crippen molar-refractivity contribution >= 4 is 16.0 Å². The van der Waals surface area contributed by atoms with Gasteiger partial charge in [0.25, 0.3) is 0 Å². The molecule has 0 aliphatic rings. The zero-order valence-electron chi connectivity index (χ0n) is 20.6. The smallest absolute Gasteiger partial charge is 0.355 e. The van der Waals surface area contributed by atoms with Crippen LogP contribution in [0.4, 0.5) is 0 Å². The Bertz CT molecular complexity index is 1280. The maximum atomic E-state index is 13.9. The van der Waals surface area contributed by atoms with Gasteiger partial charge >= 0.3 is 5.97 Å². The van der Waals surface area contributed by atoms with E-state index in [1.54, 1.807) is 40.0 Å². The van der Waals surface area contributed by atoms with Gasteiger partial charge in [-0.05, 0) is 75.1 Å². The summed E-state index contributed by atoms with van der Waals surface area (Å²) in [5, 5.41) is 0. The first-order valence-corrected chi connectivity index (χ1v) is 12.6. The predicted octanol–water partition coefficient (Wildman–Crippen LogP) is 4.82. The molecule has 34 heavy (non-hydrogen) atoms. The summed E-state index contributed by atoms with van der Waals surface area (Å²) in [5.74, 6) is 0.247. The van der Waals surface area contributed by atoms with Gasteiger partial charge in [0, 0.05) is 18.8 Å². The Kier molecular flexibility index (Phi) is 7.84. The highest BCUT2D eigenvalue weighted by Crippen LogP contribution is 2.28. The van der Waals surface area contributed by atoms with E-state index in [1.165, 1.54) is 4.31 Å². The van der Waals surface area contributed by atoms with Crippen LogP contribution >= 0.6 is 0 Å². The Morgan fingerprint density at radius 1 is 1.00 bits per heavy atom. The number of carbonyl (C=O) groups excluding carboxylic acids is 1. The molecule has 0 aliphatic carbocycles. The van der Waals surface area contributed by atoms with E-state index >= 15 is 0 Å². The molecule has 0 saturated heterocycles. The predicted molar refractivity (Wildman–Crippen MR) is 132 cm³/mol. The molecule has 8 heteroatoms. The summed E-state index contributed by atoms with van der Waals surface area (Å²) in [6.07, 6.45) is 0. The van der Waals surface area contributed by atoms with Gasteiger partial charge in [-0.15, -0.1) is 0 Å². The third-order valence-electron chi connectivity index (χ3n) is 5.87. The molecule has 0 spiro atoms. The maximum absolute atomic E-state index is 13.9. The minimum atomic E-state index is -3.84. The van der Waals surface area contributed by atoms with Crippen LogP contribution < -0.4 is 4.74 Å². The number of methoxy groups -OCH3 is 1. The Balaban J connectivity index is 2.06. The summed E-state index contributed by atoms with van der Waals surface area (Å²) < 4.78 is 39.6. The van der Waals surface area contributed by atoms with Crippen molar-refractivity contribution in [2.45, 2.75) is 52.6 Å². The average Bonchev–Trinajstić information content (AvgIpc) is 3.07. The van der Waals surface area contributed by atoms with Crippen molar-refractivity contribution in [2.75, 3.05) is 13.7 Å². The van der Waals surface area contributed by atoms with Crippen LogP contribution in [0.5, 0.6) is 5.75 Å². The van der Waals surface area contributed by atoms with Crippen LogP contribution in [0.25, 0.3) is 0 Å². The fourth-order valence-electron chi connectivity index (χ4n) is 4.00. The lowest BCUT2D eigenvalue weighted by Gasteiger charge is -2.24. The topological polar surface area (TPSA) is 88.7 Å². The number of hydrogen-bond donors (Lipinski definition) is 1. The van der Waals surface area contributed by atoms with E-state index in [1.807, 2.05) is 44.2 Å². The molecule has 2 aromatic carbocycles. The Morgan fingerprint density at radius 2 is 1.68 bits per heavy atom. The monoisotopic (exact) mass is 484 g/mol. The van der Waals surface area contributed by atoms with Crippen molar-refractivity contribution in [2.24, 2.45) is 0 Å². The number of benzene rings is 2. The number of nitrogens with zero attached hydrogens (tertiary/aromatic N) is 1. The molecule has 1 N–H and O–H groups in total. The van der Waals surface area contributed by atoms with E-state index in [4.69, 9.17) is 9.47 Å². The number of rotatable bonds is 9. The minimum Gasteiger partial charge on any atom is -0.497 e. The molecule has 0 saturated carbocycles. The van der Waals surface area contributed by atoms with E-state index in [0.717, 1.165) is 22.4 Å². The highest BCUT2D eigenvalue weighted by atomic mass is 32.2. The maximum Gasteiger partial charge on any atom is 0.355 e. The second kappa shape index (κ2) is 10.4. The van der Waals surface area contributed by atoms with Crippen LogP contribution in [0.2, 0.25) is 0 Å². The molecular weight excluding hydrogens is 452 g/mol. The number of nitrogens with one attached hydrogen (secondary N) is 1. The number of sulfonamides is 1. The van der Waals surface area contributed by atoms with Crippen LogP contribution in [0.15, 0.2) is 47.4 Å². The van der Waals surface area contributed by atoms with Crippen molar-refractivity contribution in [3.63, 3.8) is 0 Å². The molecule has 3 aromatic rings. The lowest BCUT2D eigenvalue weighted by Crippen LogP contribution is -2.31. The van der Waals surface area contributed by atoms with Gasteiger partial charge in [-0.2, -0.15) is 4.31 Å². The molecule has 1 heterocycles. The molecule has 0 fully saturated rings. The first-order valence-electron chi connectivity index (χ1n) is 11.1. The molecular formula is C26H32N2O5S. The number of H-pyrrole nitrogens is 1. The van der Waals surface area contributed by atoms with E-state index < -0.39 is 16.0 Å². The molecule has 0 radical (unpaired) electrons. The molecule has 0 atom stereocenters. The lowest BCUT2D eigenvalue weighted by atomic mass is 10.1. The third kappa shape index (κ3) is 5.34. The molecule has 1 aromatic heterocycles. The van der Waals surface area contributed by atoms with Gasteiger partial charge in [0.15, 0.2) is 0 Å². The second-order valence-electron chi connectivity index (χ2n) is 8.34. The normalized spacial score (nSPS) is 11.6. The zero-order valence-corrected chi connectivity index (χ0v) is 21.4. The average molecular weight is 485 g/mol. The third-order valence-corrected chi connectivity index (χ3v) is 7.83. The molecule has 0 aliphatic heterocycles. The molecule has 0 bridgehead atoms. The Morgan fingerprint density at radius 3 is 2.26 bits per heavy atom. The zero-order chi connectivity index (χ0) is 25.0. The number of aryl methyl sites for hydroxylation is 3. The molecule has 0 amide bonds. The number of esters is 1. The molecule has 0 unspecified atom stereocenters. The van der Waals surface area contributed by atoms with Gasteiger partial charge in [-0.1, -0.05) is 29.8 Å². The first kappa shape index (κ1) is 25.5. The van der Waals surface area contributed by atoms with Crippen molar-refractivity contribution in [3.8, 4) is 5.75 Å². The van der Waals surface area contributed by atoms with Crippen LogP contribution in [-0.4, -0.2) is 37.4 Å². The van der Waals surface area contributed by atoms with Crippen LogP contribution in [0.1, 0.15) is 50.9 Å². The lowest BCUT2D eigenvalue weighted by molar-refractivity contribution is 0.0519. The minimum absolute atomic E-state index is 0.106. The van der Waals surface area contributed by atoms with E-state index in [-0.39, 0.29) is 24.6 Å². The van der Waals surface area contributed by atoms with Crippen LogP contribution in [0, 0.1) is 27.7 Å². The van der Waals surface area contributed by atoms with Gasteiger partial charge in [0.1, 0.15) is 11.4 Å². The van der Waals surface area contributed by atoms with Crippen molar-refractivity contribution in [3.05, 3.63) is 81.7 Å². The van der Waals surface area contributed by atoms with E-state index in [0.29, 0.717) is 22.6 Å². The standard InChI is InChI=1S/C26H32N2O5S/c1-7-33-26(29)25-19(4)23(20(5)27-25)16-28(15-21-9-11-22(32-6)12-10-21)34(30,31)24-13-8-17(2)14-18(24)3/h8-14,27H,7,15-16H2,1-6H3. The first-order chi connectivity index (χ1) is 16.1. The highest BCUT2D eigenvalue weighted by molar-refractivity contribution is 7.89. The van der Waals surface area contributed by atoms with Crippen molar-refractivity contribution in [1.29, 1.82) is 0 Å². The summed E-state index contributed by atoms with van der Waals surface area (Å²) in [6.45, 7) is 9.65. The van der Waals surface area contributed by atoms with Gasteiger partial charge in [0.2, 0.25) is 10.0 Å². The number of ether oxygens (including phenoxy) is 2. The van der Waals surface area contributed by atoms with Gasteiger partial charge in [-0.3, -0.25) is 0 Å². The van der Waals surface area contributed by atoms with E-state index in [9.17, 15) is 13.2 Å². The fraction of sp³-hybridized carbons (Fsp3) is 0.346. The molecule has 182 valence electrons. The number of aromatic nitrogens is 1. The number of aromatic amines is 1. The largest absolute Gasteiger partial charge is 0.497 e. The summed E-state index contributed by atoms with van der Waals surface area (Å²) in [7, 11) is -2.26. The number of carbonyl (C=O) groups is 1. The fourth-order valence-corrected chi connectivity index (χ4v) is 5.60. The van der Waals surface area contributed by atoms with Gasteiger partial charge in [0.05, 0.1) is 18.6 Å². The Hall–Kier alpha value is -3.10. The van der Waals surface area contributed by atoms with E-state index in [2.05, 4.69) is 4.98 Å². The quantitative estimate of drug-likeness (QED) is 0.440. The van der Waals surface area contributed by atoms with Crippen molar-refractivity contribution < 1.29 is 22.7 Å². The van der Waals surface area contributed by atoms with Gasteiger partial charge < -0.3 is 14.5 Å². The summed E-state index contributed by atoms with van der Waals surface area (Å²) in [5.41, 5.74) is 5.03. The number of hydrogen-bond acceptors (Lipinski definition) is 5. The van der Waals surface area contributed by atoms with Crippen LogP contribution in [0.3, 0.4) is 0 Å². The van der Waals surface area contributed by atoms with Crippen LogP contribution in [-0.2, 0) is 27.8 Å². The Labute approximate surface area is 201 Å². The summed E-state index contributed by atoms with van der Waals surface area (Å²) in [4.78, 5) is 15.7. The molecule has 7 nitrogen and oxygen atoms in total. The highest BCUT2D eigenvalue weighted by Gasteiger charge is 2.29. The SMILES string of the molecule is CCOC(=O)c1[nH]c(C)c(CN(Cc2ccc(OC)cc2)S(=O)(=O)c2ccc(C)cc2C)c1C. The molecule has 3 rings (SSSR count). The van der Waals surface area contributed by atoms with Crippen molar-refractivity contribution in [1.82, 2.24) is 9.29 Å². The van der Waals surface area contributed by atoms with Gasteiger partial charge in [-0.25, -0.2) is 13.2 Å². The second-order valence-corrected chi connectivity index (χ2v) is 10.2.